The van der Waals surface area contributed by atoms with Crippen LogP contribution in [0.3, 0.4) is 0 Å². The summed E-state index contributed by atoms with van der Waals surface area (Å²) in [4.78, 5) is 0. The molecule has 4 nitrogen and oxygen atoms in total. The molecule has 10 heavy (non-hydrogen) atoms. The van der Waals surface area contributed by atoms with Crippen LogP contribution in [0.25, 0.3) is 0 Å². The lowest BCUT2D eigenvalue weighted by Gasteiger charge is -2.21. The molecule has 0 spiro atoms. The Kier molecular flexibility index (Phi) is 2.22. The van der Waals surface area contributed by atoms with E-state index in [9.17, 15) is 0 Å². The number of nitrogens with zero attached hydrogens (tertiary/aromatic N) is 2. The number of hydrogen-bond acceptors (Lipinski definition) is 4. The van der Waals surface area contributed by atoms with Crippen molar-refractivity contribution in [1.29, 1.82) is 10.5 Å². The average molecular weight is 137 g/mol. The molecule has 2 atom stereocenters. The van der Waals surface area contributed by atoms with Crippen LogP contribution in [-0.4, -0.2) is 25.3 Å². The van der Waals surface area contributed by atoms with Gasteiger partial charge in [-0.3, -0.25) is 5.32 Å². The van der Waals surface area contributed by atoms with Crippen LogP contribution in [0.4, 0.5) is 0 Å². The van der Waals surface area contributed by atoms with Crippen LogP contribution in [0.2, 0.25) is 0 Å². The zero-order valence-corrected chi connectivity index (χ0v) is 5.37. The third-order valence-corrected chi connectivity index (χ3v) is 1.28. The Labute approximate surface area is 59.0 Å². The molecule has 0 radical (unpaired) electrons. The molecule has 1 N–H and O–H groups in total. The van der Waals surface area contributed by atoms with Crippen LogP contribution >= 0.6 is 0 Å². The van der Waals surface area contributed by atoms with E-state index in [4.69, 9.17) is 15.3 Å². The maximum absolute atomic E-state index is 8.40. The molecule has 0 aromatic rings. The van der Waals surface area contributed by atoms with Crippen molar-refractivity contribution >= 4 is 0 Å². The molecular weight excluding hydrogens is 130 g/mol. The molecule has 0 bridgehead atoms. The van der Waals surface area contributed by atoms with Gasteiger partial charge < -0.3 is 4.74 Å². The Balaban J connectivity index is 2.43. The van der Waals surface area contributed by atoms with E-state index in [1.165, 1.54) is 0 Å². The molecule has 4 heteroatoms. The Morgan fingerprint density at radius 2 is 1.70 bits per heavy atom. The summed E-state index contributed by atoms with van der Waals surface area (Å²) < 4.78 is 4.97. The Morgan fingerprint density at radius 3 is 2.10 bits per heavy atom. The van der Waals surface area contributed by atoms with Gasteiger partial charge in [0.2, 0.25) is 0 Å². The van der Waals surface area contributed by atoms with Gasteiger partial charge in [-0.2, -0.15) is 10.5 Å². The van der Waals surface area contributed by atoms with Gasteiger partial charge in [-0.15, -0.1) is 0 Å². The van der Waals surface area contributed by atoms with Crippen LogP contribution in [0.15, 0.2) is 0 Å². The van der Waals surface area contributed by atoms with Crippen LogP contribution in [0.1, 0.15) is 0 Å². The predicted octanol–water partition coefficient (Wildman–Crippen LogP) is -0.609. The molecular formula is C6H7N3O. The van der Waals surface area contributed by atoms with E-state index < -0.39 is 0 Å². The quantitative estimate of drug-likeness (QED) is 0.483. The zero-order chi connectivity index (χ0) is 7.40. The summed E-state index contributed by atoms with van der Waals surface area (Å²) in [7, 11) is 0. The van der Waals surface area contributed by atoms with E-state index in [0.717, 1.165) is 0 Å². The van der Waals surface area contributed by atoms with Gasteiger partial charge in [0.25, 0.3) is 0 Å². The SMILES string of the molecule is N#CC1COCC(C#N)N1. The number of morpholine rings is 1. The molecule has 0 saturated carbocycles. The molecule has 0 aliphatic carbocycles. The molecule has 0 aromatic carbocycles. The fourth-order valence-electron chi connectivity index (χ4n) is 0.792. The Bertz CT molecular complexity index is 170. The molecule has 2 unspecified atom stereocenters. The molecule has 1 heterocycles. The van der Waals surface area contributed by atoms with Crippen LogP contribution in [0.5, 0.6) is 0 Å². The minimum atomic E-state index is -0.321. The van der Waals surface area contributed by atoms with Gasteiger partial charge in [0.05, 0.1) is 25.4 Å². The Hall–Kier alpha value is -1.10. The third-order valence-electron chi connectivity index (χ3n) is 1.28. The standard InChI is InChI=1S/C6H7N3O/c7-1-5-3-10-4-6(2-8)9-5/h5-6,9H,3-4H2. The first-order valence-corrected chi connectivity index (χ1v) is 3.00. The van der Waals surface area contributed by atoms with E-state index in [2.05, 4.69) is 5.32 Å². The maximum Gasteiger partial charge on any atom is 0.120 e. The van der Waals surface area contributed by atoms with Gasteiger partial charge in [-0.25, -0.2) is 0 Å². The van der Waals surface area contributed by atoms with Crippen LogP contribution in [0, 0.1) is 22.7 Å². The lowest BCUT2D eigenvalue weighted by atomic mass is 10.2. The summed E-state index contributed by atoms with van der Waals surface area (Å²) in [6.07, 6.45) is 0. The van der Waals surface area contributed by atoms with Crippen LogP contribution in [-0.2, 0) is 4.74 Å². The number of rotatable bonds is 0. The topological polar surface area (TPSA) is 68.8 Å². The molecule has 1 aliphatic heterocycles. The van der Waals surface area contributed by atoms with Crippen molar-refractivity contribution in [2.75, 3.05) is 13.2 Å². The predicted molar refractivity (Wildman–Crippen MR) is 32.8 cm³/mol. The number of nitriles is 2. The summed E-state index contributed by atoms with van der Waals surface area (Å²) in [5, 5.41) is 19.6. The fourth-order valence-corrected chi connectivity index (χ4v) is 0.792. The van der Waals surface area contributed by atoms with Crippen molar-refractivity contribution in [3.8, 4) is 12.1 Å². The molecule has 1 aliphatic rings. The van der Waals surface area contributed by atoms with Crippen molar-refractivity contribution in [3.05, 3.63) is 0 Å². The van der Waals surface area contributed by atoms with E-state index in [0.29, 0.717) is 13.2 Å². The second kappa shape index (κ2) is 3.17. The van der Waals surface area contributed by atoms with E-state index in [1.54, 1.807) is 0 Å². The number of nitrogens with one attached hydrogen (secondary N) is 1. The lowest BCUT2D eigenvalue weighted by molar-refractivity contribution is 0.0748. The highest BCUT2D eigenvalue weighted by Gasteiger charge is 2.19. The summed E-state index contributed by atoms with van der Waals surface area (Å²) in [5.41, 5.74) is 0. The second-order valence-corrected chi connectivity index (χ2v) is 2.07. The normalized spacial score (nSPS) is 32.2. The molecule has 52 valence electrons. The van der Waals surface area contributed by atoms with Crippen molar-refractivity contribution in [3.63, 3.8) is 0 Å². The molecule has 0 aromatic heterocycles. The van der Waals surface area contributed by atoms with Gasteiger partial charge >= 0.3 is 0 Å². The summed E-state index contributed by atoms with van der Waals surface area (Å²) in [5.74, 6) is 0. The van der Waals surface area contributed by atoms with Crippen LogP contribution < -0.4 is 5.32 Å². The molecule has 1 fully saturated rings. The fraction of sp³-hybridized carbons (Fsp3) is 0.667. The van der Waals surface area contributed by atoms with Gasteiger partial charge in [0, 0.05) is 0 Å². The first kappa shape index (κ1) is 7.01. The largest absolute Gasteiger partial charge is 0.376 e. The van der Waals surface area contributed by atoms with Crippen molar-refractivity contribution < 1.29 is 4.74 Å². The van der Waals surface area contributed by atoms with Crippen molar-refractivity contribution in [2.24, 2.45) is 0 Å². The highest BCUT2D eigenvalue weighted by Crippen LogP contribution is 1.96. The van der Waals surface area contributed by atoms with Crippen molar-refractivity contribution in [1.82, 2.24) is 5.32 Å². The third kappa shape index (κ3) is 1.44. The van der Waals surface area contributed by atoms with E-state index in [-0.39, 0.29) is 12.1 Å². The Morgan fingerprint density at radius 1 is 1.20 bits per heavy atom. The zero-order valence-electron chi connectivity index (χ0n) is 5.37. The molecule has 1 saturated heterocycles. The first-order chi connectivity index (χ1) is 4.86. The van der Waals surface area contributed by atoms with Gasteiger partial charge in [0.15, 0.2) is 0 Å². The number of hydrogen-bond donors (Lipinski definition) is 1. The van der Waals surface area contributed by atoms with E-state index in [1.807, 2.05) is 12.1 Å². The minimum Gasteiger partial charge on any atom is -0.376 e. The van der Waals surface area contributed by atoms with E-state index >= 15 is 0 Å². The lowest BCUT2D eigenvalue weighted by Crippen LogP contribution is -2.47. The average Bonchev–Trinajstić information content (AvgIpc) is 2.05. The van der Waals surface area contributed by atoms with Crippen molar-refractivity contribution in [2.45, 2.75) is 12.1 Å². The maximum atomic E-state index is 8.40. The minimum absolute atomic E-state index is 0.321. The summed E-state index contributed by atoms with van der Waals surface area (Å²) in [6, 6.07) is 3.32. The summed E-state index contributed by atoms with van der Waals surface area (Å²) >= 11 is 0. The smallest absolute Gasteiger partial charge is 0.120 e. The monoisotopic (exact) mass is 137 g/mol. The highest BCUT2D eigenvalue weighted by molar-refractivity contribution is 5.01. The first-order valence-electron chi connectivity index (χ1n) is 3.00. The van der Waals surface area contributed by atoms with Gasteiger partial charge in [-0.05, 0) is 0 Å². The molecule has 1 rings (SSSR count). The van der Waals surface area contributed by atoms with Gasteiger partial charge in [0.1, 0.15) is 12.1 Å². The molecule has 0 amide bonds. The van der Waals surface area contributed by atoms with Gasteiger partial charge in [-0.1, -0.05) is 0 Å². The second-order valence-electron chi connectivity index (χ2n) is 2.07. The highest BCUT2D eigenvalue weighted by atomic mass is 16.5. The summed E-state index contributed by atoms with van der Waals surface area (Å²) in [6.45, 7) is 0.767. The number of ether oxygens (including phenoxy) is 1.